The fraction of sp³-hybridized carbons (Fsp3) is 0.0714. The average Bonchev–Trinajstić information content (AvgIpc) is 2.46. The molecule has 2 rings (SSSR count). The molecule has 1 aromatic heterocycles. The second-order valence-corrected chi connectivity index (χ2v) is 4.91. The summed E-state index contributed by atoms with van der Waals surface area (Å²) in [4.78, 5) is 27.2. The van der Waals surface area contributed by atoms with E-state index in [1.807, 2.05) is 18.2 Å². The maximum absolute atomic E-state index is 11.8. The van der Waals surface area contributed by atoms with Gasteiger partial charge in [0.05, 0.1) is 22.0 Å². The van der Waals surface area contributed by atoms with E-state index in [-0.39, 0.29) is 11.7 Å². The van der Waals surface area contributed by atoms with Crippen LogP contribution in [0.1, 0.15) is 10.4 Å². The lowest BCUT2D eigenvalue weighted by Gasteiger charge is -2.08. The van der Waals surface area contributed by atoms with E-state index in [1.54, 1.807) is 30.5 Å². The topological polar surface area (TPSA) is 85.1 Å². The Morgan fingerprint density at radius 1 is 1.15 bits per heavy atom. The highest BCUT2D eigenvalue weighted by Gasteiger charge is 2.10. The third-order valence-corrected chi connectivity index (χ3v) is 3.40. The molecule has 20 heavy (non-hydrogen) atoms. The van der Waals surface area contributed by atoms with E-state index >= 15 is 0 Å². The summed E-state index contributed by atoms with van der Waals surface area (Å²) in [5, 5.41) is 3.44. The summed E-state index contributed by atoms with van der Waals surface area (Å²) < 4.78 is 0. The molecule has 102 valence electrons. The number of thioether (sulfide) groups is 1. The molecule has 0 radical (unpaired) electrons. The van der Waals surface area contributed by atoms with Gasteiger partial charge < -0.3 is 11.1 Å². The summed E-state index contributed by atoms with van der Waals surface area (Å²) in [5.74, 6) is -0.572. The summed E-state index contributed by atoms with van der Waals surface area (Å²) in [7, 11) is 0. The molecule has 0 aliphatic carbocycles. The Morgan fingerprint density at radius 2 is 1.90 bits per heavy atom. The summed E-state index contributed by atoms with van der Waals surface area (Å²) in [6.07, 6.45) is 1.67. The summed E-state index contributed by atoms with van der Waals surface area (Å²) >= 11 is 1.32. The summed E-state index contributed by atoms with van der Waals surface area (Å²) in [6.45, 7) is 0. The van der Waals surface area contributed by atoms with E-state index < -0.39 is 5.91 Å². The predicted molar refractivity (Wildman–Crippen MR) is 78.6 cm³/mol. The van der Waals surface area contributed by atoms with Crippen LogP contribution in [-0.4, -0.2) is 22.6 Å². The molecule has 0 aliphatic rings. The van der Waals surface area contributed by atoms with Crippen molar-refractivity contribution in [3.8, 4) is 0 Å². The number of anilines is 1. The number of nitrogens with zero attached hydrogens (tertiary/aromatic N) is 1. The van der Waals surface area contributed by atoms with Crippen molar-refractivity contribution in [1.29, 1.82) is 0 Å². The number of amides is 2. The van der Waals surface area contributed by atoms with E-state index in [4.69, 9.17) is 5.73 Å². The van der Waals surface area contributed by atoms with Crippen molar-refractivity contribution >= 4 is 29.3 Å². The van der Waals surface area contributed by atoms with Gasteiger partial charge in [-0.05, 0) is 24.3 Å². The third-order valence-electron chi connectivity index (χ3n) is 2.46. The van der Waals surface area contributed by atoms with Gasteiger partial charge in [0.25, 0.3) is 5.91 Å². The van der Waals surface area contributed by atoms with Gasteiger partial charge in [-0.15, -0.1) is 0 Å². The molecule has 0 spiro atoms. The molecule has 0 unspecified atom stereocenters. The summed E-state index contributed by atoms with van der Waals surface area (Å²) in [6, 6.07) is 12.1. The first-order valence-electron chi connectivity index (χ1n) is 5.89. The minimum atomic E-state index is -0.571. The highest BCUT2D eigenvalue weighted by Crippen LogP contribution is 2.17. The largest absolute Gasteiger partial charge is 0.366 e. The number of nitrogens with two attached hydrogens (primary N) is 1. The monoisotopic (exact) mass is 287 g/mol. The van der Waals surface area contributed by atoms with Crippen molar-refractivity contribution in [3.05, 3.63) is 54.2 Å². The Hall–Kier alpha value is -2.34. The minimum absolute atomic E-state index is 0.212. The van der Waals surface area contributed by atoms with Gasteiger partial charge in [0, 0.05) is 6.20 Å². The van der Waals surface area contributed by atoms with Gasteiger partial charge in [-0.25, -0.2) is 4.98 Å². The van der Waals surface area contributed by atoms with Crippen LogP contribution >= 0.6 is 11.8 Å². The van der Waals surface area contributed by atoms with Crippen LogP contribution in [0.3, 0.4) is 0 Å². The lowest BCUT2D eigenvalue weighted by Crippen LogP contribution is -2.19. The van der Waals surface area contributed by atoms with Crippen LogP contribution in [0.4, 0.5) is 5.69 Å². The second-order valence-electron chi connectivity index (χ2n) is 3.91. The Balaban J connectivity index is 1.97. The molecule has 0 saturated carbocycles. The number of hydrogen-bond acceptors (Lipinski definition) is 4. The highest BCUT2D eigenvalue weighted by molar-refractivity contribution is 7.99. The van der Waals surface area contributed by atoms with E-state index in [0.29, 0.717) is 11.3 Å². The number of aromatic nitrogens is 1. The average molecular weight is 287 g/mol. The minimum Gasteiger partial charge on any atom is -0.366 e. The third kappa shape index (κ3) is 3.83. The van der Waals surface area contributed by atoms with Gasteiger partial charge in [0.15, 0.2) is 0 Å². The number of carbonyl (C=O) groups excluding carboxylic acids is 2. The quantitative estimate of drug-likeness (QED) is 0.823. The van der Waals surface area contributed by atoms with Crippen molar-refractivity contribution < 1.29 is 9.59 Å². The van der Waals surface area contributed by atoms with E-state index in [0.717, 1.165) is 5.03 Å². The molecule has 2 aromatic rings. The van der Waals surface area contributed by atoms with Gasteiger partial charge in [-0.3, -0.25) is 9.59 Å². The van der Waals surface area contributed by atoms with Gasteiger partial charge in [-0.1, -0.05) is 30.0 Å². The van der Waals surface area contributed by atoms with Gasteiger partial charge in [-0.2, -0.15) is 0 Å². The Bertz CT molecular complexity index is 617. The molecule has 0 fully saturated rings. The highest BCUT2D eigenvalue weighted by atomic mass is 32.2. The van der Waals surface area contributed by atoms with Crippen molar-refractivity contribution in [2.75, 3.05) is 11.1 Å². The van der Waals surface area contributed by atoms with Gasteiger partial charge >= 0.3 is 0 Å². The Morgan fingerprint density at radius 3 is 2.60 bits per heavy atom. The fourth-order valence-electron chi connectivity index (χ4n) is 1.57. The SMILES string of the molecule is NC(=O)c1ccccc1NC(=O)CSc1ccccn1. The molecule has 1 aromatic carbocycles. The predicted octanol–water partition coefficient (Wildman–Crippen LogP) is 1.91. The van der Waals surface area contributed by atoms with Crippen molar-refractivity contribution in [3.63, 3.8) is 0 Å². The van der Waals surface area contributed by atoms with Crippen LogP contribution in [0.15, 0.2) is 53.7 Å². The molecule has 3 N–H and O–H groups in total. The maximum Gasteiger partial charge on any atom is 0.250 e. The molecule has 5 nitrogen and oxygen atoms in total. The number of carbonyl (C=O) groups is 2. The number of nitrogens with one attached hydrogen (secondary N) is 1. The molecule has 2 amide bonds. The number of hydrogen-bond donors (Lipinski definition) is 2. The van der Waals surface area contributed by atoms with Crippen molar-refractivity contribution in [2.24, 2.45) is 5.73 Å². The van der Waals surface area contributed by atoms with Gasteiger partial charge in [0.1, 0.15) is 0 Å². The molecule has 1 heterocycles. The zero-order chi connectivity index (χ0) is 14.4. The van der Waals surface area contributed by atoms with E-state index in [2.05, 4.69) is 10.3 Å². The normalized spacial score (nSPS) is 10.0. The fourth-order valence-corrected chi connectivity index (χ4v) is 2.23. The van der Waals surface area contributed by atoms with Crippen LogP contribution in [0, 0.1) is 0 Å². The molecule has 0 atom stereocenters. The first kappa shape index (κ1) is 14.1. The number of pyridine rings is 1. The lowest BCUT2D eigenvalue weighted by atomic mass is 10.1. The number of para-hydroxylation sites is 1. The molecular weight excluding hydrogens is 274 g/mol. The van der Waals surface area contributed by atoms with Crippen LogP contribution in [0.25, 0.3) is 0 Å². The van der Waals surface area contributed by atoms with Crippen molar-refractivity contribution in [2.45, 2.75) is 5.03 Å². The number of benzene rings is 1. The molecule has 6 heteroatoms. The molecule has 0 saturated heterocycles. The second kappa shape index (κ2) is 6.72. The summed E-state index contributed by atoms with van der Waals surface area (Å²) in [5.41, 5.74) is 5.97. The maximum atomic E-state index is 11.8. The standard InChI is InChI=1S/C14H13N3O2S/c15-14(19)10-5-1-2-6-11(10)17-12(18)9-20-13-7-3-4-8-16-13/h1-8H,9H2,(H2,15,19)(H,17,18). The number of rotatable bonds is 5. The Labute approximate surface area is 120 Å². The number of primary amides is 1. The van der Waals surface area contributed by atoms with Crippen LogP contribution < -0.4 is 11.1 Å². The van der Waals surface area contributed by atoms with E-state index in [9.17, 15) is 9.59 Å². The van der Waals surface area contributed by atoms with Crippen LogP contribution in [0.5, 0.6) is 0 Å². The lowest BCUT2D eigenvalue weighted by molar-refractivity contribution is -0.113. The zero-order valence-corrected chi connectivity index (χ0v) is 11.4. The van der Waals surface area contributed by atoms with Gasteiger partial charge in [0.2, 0.25) is 5.91 Å². The zero-order valence-electron chi connectivity index (χ0n) is 10.6. The smallest absolute Gasteiger partial charge is 0.250 e. The first-order valence-corrected chi connectivity index (χ1v) is 6.88. The first-order chi connectivity index (χ1) is 9.66. The molecule has 0 bridgehead atoms. The van der Waals surface area contributed by atoms with Crippen molar-refractivity contribution in [1.82, 2.24) is 4.98 Å². The van der Waals surface area contributed by atoms with Crippen LogP contribution in [-0.2, 0) is 4.79 Å². The van der Waals surface area contributed by atoms with E-state index in [1.165, 1.54) is 11.8 Å². The van der Waals surface area contributed by atoms with Crippen LogP contribution in [0.2, 0.25) is 0 Å². The molecule has 0 aliphatic heterocycles. The molecular formula is C14H13N3O2S. The Kier molecular flexibility index (Phi) is 4.73.